The Hall–Kier alpha value is -1.63. The summed E-state index contributed by atoms with van der Waals surface area (Å²) in [6, 6.07) is 5.05. The van der Waals surface area contributed by atoms with Crippen molar-refractivity contribution in [1.82, 2.24) is 15.1 Å². The van der Waals surface area contributed by atoms with Crippen molar-refractivity contribution in [2.75, 3.05) is 5.73 Å². The normalized spacial score (nSPS) is 10.8. The Morgan fingerprint density at radius 1 is 1.11 bits per heavy atom. The molecule has 5 nitrogen and oxygen atoms in total. The molecule has 2 N–H and O–H groups in total. The molecule has 1 aromatic carbocycles. The first-order valence-electron chi connectivity index (χ1n) is 5.13. The van der Waals surface area contributed by atoms with Crippen LogP contribution in [-0.4, -0.2) is 15.1 Å². The van der Waals surface area contributed by atoms with E-state index in [1.807, 2.05) is 0 Å². The number of rotatable bonds is 2. The van der Waals surface area contributed by atoms with Gasteiger partial charge in [-0.05, 0) is 18.2 Å². The topological polar surface area (TPSA) is 77.8 Å². The number of halogens is 2. The maximum Gasteiger partial charge on any atom is 0.277 e. The van der Waals surface area contributed by atoms with Gasteiger partial charge >= 0.3 is 0 Å². The number of nitrogen functional groups attached to an aromatic ring is 1. The van der Waals surface area contributed by atoms with Gasteiger partial charge in [-0.1, -0.05) is 28.4 Å². The summed E-state index contributed by atoms with van der Waals surface area (Å²) in [5.41, 5.74) is 6.78. The van der Waals surface area contributed by atoms with E-state index in [4.69, 9.17) is 33.5 Å². The number of nitrogens with two attached hydrogens (primary N) is 1. The minimum Gasteiger partial charge on any atom is -0.375 e. The van der Waals surface area contributed by atoms with Crippen molar-refractivity contribution in [3.8, 4) is 23.0 Å². The van der Waals surface area contributed by atoms with Gasteiger partial charge < -0.3 is 10.3 Å². The molecule has 8 heteroatoms. The summed E-state index contributed by atoms with van der Waals surface area (Å²) in [6.07, 6.45) is 0. The van der Waals surface area contributed by atoms with Gasteiger partial charge in [-0.3, -0.25) is 0 Å². The van der Waals surface area contributed by atoms with Crippen molar-refractivity contribution in [3.63, 3.8) is 0 Å². The van der Waals surface area contributed by atoms with Gasteiger partial charge in [0.25, 0.3) is 5.89 Å². The molecule has 0 bridgehead atoms. The lowest BCUT2D eigenvalue weighted by Crippen LogP contribution is -1.84. The standard InChI is InChI=1S/C11H6Cl2N4OS/c12-6-1-5(2-7(13)3-6)9-16-10(18-17-9)8-4-19-11(14)15-8/h1-4H,(H2,14,15). The number of aromatic nitrogens is 3. The Labute approximate surface area is 122 Å². The summed E-state index contributed by atoms with van der Waals surface area (Å²) in [5, 5.41) is 7.08. The summed E-state index contributed by atoms with van der Waals surface area (Å²) in [5.74, 6) is 0.699. The molecule has 0 atom stereocenters. The molecule has 0 saturated heterocycles. The summed E-state index contributed by atoms with van der Waals surface area (Å²) >= 11 is 13.2. The van der Waals surface area contributed by atoms with Crippen molar-refractivity contribution in [1.29, 1.82) is 0 Å². The third-order valence-corrected chi connectivity index (χ3v) is 3.40. The lowest BCUT2D eigenvalue weighted by molar-refractivity contribution is 0.431. The van der Waals surface area contributed by atoms with Gasteiger partial charge in [0.15, 0.2) is 5.13 Å². The second kappa shape index (κ2) is 4.80. The zero-order chi connectivity index (χ0) is 13.4. The molecule has 0 aliphatic heterocycles. The highest BCUT2D eigenvalue weighted by Gasteiger charge is 2.13. The van der Waals surface area contributed by atoms with Crippen LogP contribution < -0.4 is 5.73 Å². The fraction of sp³-hybridized carbons (Fsp3) is 0. The quantitative estimate of drug-likeness (QED) is 0.779. The van der Waals surface area contributed by atoms with Crippen molar-refractivity contribution in [3.05, 3.63) is 33.6 Å². The second-order valence-corrected chi connectivity index (χ2v) is 5.41. The Morgan fingerprint density at radius 3 is 2.47 bits per heavy atom. The maximum absolute atomic E-state index is 5.93. The third kappa shape index (κ3) is 2.56. The zero-order valence-electron chi connectivity index (χ0n) is 9.30. The lowest BCUT2D eigenvalue weighted by atomic mass is 10.2. The highest BCUT2D eigenvalue weighted by Crippen LogP contribution is 2.28. The molecule has 0 aliphatic carbocycles. The monoisotopic (exact) mass is 312 g/mol. The summed E-state index contributed by atoms with van der Waals surface area (Å²) < 4.78 is 5.14. The van der Waals surface area contributed by atoms with Gasteiger partial charge in [0, 0.05) is 21.0 Å². The molecule has 2 heterocycles. The molecule has 96 valence electrons. The van der Waals surface area contributed by atoms with E-state index in [1.165, 1.54) is 11.3 Å². The van der Waals surface area contributed by atoms with Crippen molar-refractivity contribution in [2.24, 2.45) is 0 Å². The van der Waals surface area contributed by atoms with E-state index >= 15 is 0 Å². The Kier molecular flexibility index (Phi) is 3.14. The van der Waals surface area contributed by atoms with E-state index in [1.54, 1.807) is 23.6 Å². The average Bonchev–Trinajstić information content (AvgIpc) is 2.95. The molecule has 3 rings (SSSR count). The molecule has 3 aromatic rings. The first-order valence-corrected chi connectivity index (χ1v) is 6.77. The van der Waals surface area contributed by atoms with Gasteiger partial charge in [-0.2, -0.15) is 4.98 Å². The molecule has 0 radical (unpaired) electrons. The second-order valence-electron chi connectivity index (χ2n) is 3.65. The van der Waals surface area contributed by atoms with Crippen molar-refractivity contribution >= 4 is 39.7 Å². The zero-order valence-corrected chi connectivity index (χ0v) is 11.6. The molecule has 2 aromatic heterocycles. The Bertz CT molecular complexity index is 720. The minimum absolute atomic E-state index is 0.305. The fourth-order valence-corrected chi connectivity index (χ4v) is 2.58. The van der Waals surface area contributed by atoms with Crippen molar-refractivity contribution in [2.45, 2.75) is 0 Å². The molecule has 0 amide bonds. The first kappa shape index (κ1) is 12.4. The van der Waals surface area contributed by atoms with Crippen LogP contribution in [0.2, 0.25) is 10.0 Å². The van der Waals surface area contributed by atoms with Crippen LogP contribution in [0.4, 0.5) is 5.13 Å². The number of thiazole rings is 1. The Balaban J connectivity index is 2.01. The summed E-state index contributed by atoms with van der Waals surface area (Å²) in [7, 11) is 0. The number of hydrogen-bond donors (Lipinski definition) is 1. The lowest BCUT2D eigenvalue weighted by Gasteiger charge is -1.96. The molecule has 0 fully saturated rings. The van der Waals surface area contributed by atoms with E-state index in [2.05, 4.69) is 15.1 Å². The van der Waals surface area contributed by atoms with Gasteiger partial charge in [-0.25, -0.2) is 4.98 Å². The van der Waals surface area contributed by atoms with Crippen LogP contribution in [0.1, 0.15) is 0 Å². The van der Waals surface area contributed by atoms with E-state index in [0.29, 0.717) is 38.1 Å². The predicted molar refractivity (Wildman–Crippen MR) is 75.3 cm³/mol. The van der Waals surface area contributed by atoms with Gasteiger partial charge in [0.1, 0.15) is 5.69 Å². The minimum atomic E-state index is 0.305. The van der Waals surface area contributed by atoms with E-state index < -0.39 is 0 Å². The van der Waals surface area contributed by atoms with Crippen LogP contribution in [0.25, 0.3) is 23.0 Å². The van der Waals surface area contributed by atoms with Crippen LogP contribution in [0.5, 0.6) is 0 Å². The van der Waals surface area contributed by atoms with Crippen LogP contribution in [0.15, 0.2) is 28.1 Å². The van der Waals surface area contributed by atoms with Gasteiger partial charge in [0.05, 0.1) is 0 Å². The summed E-state index contributed by atoms with van der Waals surface area (Å²) in [4.78, 5) is 8.31. The molecular weight excluding hydrogens is 307 g/mol. The van der Waals surface area contributed by atoms with Crippen LogP contribution in [0.3, 0.4) is 0 Å². The van der Waals surface area contributed by atoms with E-state index in [9.17, 15) is 0 Å². The van der Waals surface area contributed by atoms with E-state index in [0.717, 1.165) is 0 Å². The number of benzene rings is 1. The molecule has 0 saturated carbocycles. The first-order chi connectivity index (χ1) is 9.11. The average molecular weight is 313 g/mol. The van der Waals surface area contributed by atoms with E-state index in [-0.39, 0.29) is 0 Å². The molecule has 19 heavy (non-hydrogen) atoms. The number of anilines is 1. The molecule has 0 aliphatic rings. The molecule has 0 spiro atoms. The smallest absolute Gasteiger partial charge is 0.277 e. The van der Waals surface area contributed by atoms with Crippen LogP contribution in [0, 0.1) is 0 Å². The molecule has 0 unspecified atom stereocenters. The predicted octanol–water partition coefficient (Wildman–Crippen LogP) is 3.75. The van der Waals surface area contributed by atoms with Crippen LogP contribution in [-0.2, 0) is 0 Å². The number of hydrogen-bond acceptors (Lipinski definition) is 6. The number of nitrogens with zero attached hydrogens (tertiary/aromatic N) is 3. The highest BCUT2D eigenvalue weighted by molar-refractivity contribution is 7.13. The largest absolute Gasteiger partial charge is 0.375 e. The van der Waals surface area contributed by atoms with Crippen molar-refractivity contribution < 1.29 is 4.52 Å². The summed E-state index contributed by atoms with van der Waals surface area (Å²) in [6.45, 7) is 0. The Morgan fingerprint density at radius 2 is 1.84 bits per heavy atom. The van der Waals surface area contributed by atoms with Gasteiger partial charge in [0.2, 0.25) is 5.82 Å². The van der Waals surface area contributed by atoms with Gasteiger partial charge in [-0.15, -0.1) is 11.3 Å². The fourth-order valence-electron chi connectivity index (χ4n) is 1.51. The maximum atomic E-state index is 5.93. The molecular formula is C11H6Cl2N4OS. The SMILES string of the molecule is Nc1nc(-c2nc(-c3cc(Cl)cc(Cl)c3)no2)cs1. The van der Waals surface area contributed by atoms with Crippen LogP contribution >= 0.6 is 34.5 Å². The highest BCUT2D eigenvalue weighted by atomic mass is 35.5. The third-order valence-electron chi connectivity index (χ3n) is 2.29.